The third kappa shape index (κ3) is 4.21. The highest BCUT2D eigenvalue weighted by Crippen LogP contribution is 2.26. The summed E-state index contributed by atoms with van der Waals surface area (Å²) in [5.41, 5.74) is 5.87. The molecule has 1 amide bonds. The largest absolute Gasteiger partial charge is 0.409 e. The molecule has 0 atom stereocenters. The SMILES string of the molecule is CC(C)N(CCC(N)=NO)C(=O)C(C)(C)c1ccccc1. The maximum atomic E-state index is 12.9. The lowest BCUT2D eigenvalue weighted by atomic mass is 9.83. The molecule has 0 bridgehead atoms. The van der Waals surface area contributed by atoms with E-state index in [1.165, 1.54) is 0 Å². The highest BCUT2D eigenvalue weighted by atomic mass is 16.4. The molecule has 1 aromatic rings. The molecular formula is C16H25N3O2. The molecule has 0 saturated heterocycles. The Morgan fingerprint density at radius 3 is 2.38 bits per heavy atom. The van der Waals surface area contributed by atoms with Gasteiger partial charge < -0.3 is 15.8 Å². The van der Waals surface area contributed by atoms with E-state index in [0.29, 0.717) is 13.0 Å². The Labute approximate surface area is 126 Å². The number of carbonyl (C=O) groups excluding carboxylic acids is 1. The Bertz CT molecular complexity index is 496. The van der Waals surface area contributed by atoms with Crippen LogP contribution in [0.4, 0.5) is 0 Å². The van der Waals surface area contributed by atoms with Gasteiger partial charge in [0.1, 0.15) is 5.84 Å². The Hall–Kier alpha value is -2.04. The monoisotopic (exact) mass is 291 g/mol. The van der Waals surface area contributed by atoms with Gasteiger partial charge in [0.2, 0.25) is 5.91 Å². The quantitative estimate of drug-likeness (QED) is 0.365. The number of oxime groups is 1. The first-order valence-corrected chi connectivity index (χ1v) is 7.13. The second-order valence-electron chi connectivity index (χ2n) is 5.92. The highest BCUT2D eigenvalue weighted by molar-refractivity contribution is 5.88. The van der Waals surface area contributed by atoms with Crippen LogP contribution in [-0.2, 0) is 10.2 Å². The van der Waals surface area contributed by atoms with Gasteiger partial charge in [-0.05, 0) is 33.3 Å². The Balaban J connectivity index is 2.95. The van der Waals surface area contributed by atoms with Gasteiger partial charge in [-0.2, -0.15) is 0 Å². The maximum Gasteiger partial charge on any atom is 0.232 e. The van der Waals surface area contributed by atoms with E-state index in [1.54, 1.807) is 4.90 Å². The van der Waals surface area contributed by atoms with Crippen LogP contribution in [0.15, 0.2) is 35.5 Å². The zero-order valence-corrected chi connectivity index (χ0v) is 13.2. The van der Waals surface area contributed by atoms with Crippen molar-refractivity contribution in [2.24, 2.45) is 10.9 Å². The average Bonchev–Trinajstić information content (AvgIpc) is 2.47. The van der Waals surface area contributed by atoms with E-state index < -0.39 is 5.41 Å². The van der Waals surface area contributed by atoms with Crippen molar-refractivity contribution in [1.82, 2.24) is 4.90 Å². The number of hydrogen-bond donors (Lipinski definition) is 2. The van der Waals surface area contributed by atoms with E-state index in [-0.39, 0.29) is 17.8 Å². The lowest BCUT2D eigenvalue weighted by Gasteiger charge is -2.35. The molecule has 0 aliphatic carbocycles. The molecule has 0 spiro atoms. The van der Waals surface area contributed by atoms with Crippen LogP contribution < -0.4 is 5.73 Å². The molecule has 0 radical (unpaired) electrons. The van der Waals surface area contributed by atoms with Crippen LogP contribution in [0.5, 0.6) is 0 Å². The van der Waals surface area contributed by atoms with Gasteiger partial charge in [-0.15, -0.1) is 0 Å². The van der Waals surface area contributed by atoms with Crippen LogP contribution in [0.2, 0.25) is 0 Å². The summed E-state index contributed by atoms with van der Waals surface area (Å²) in [6, 6.07) is 9.76. The van der Waals surface area contributed by atoms with Crippen molar-refractivity contribution >= 4 is 11.7 Å². The molecule has 0 saturated carbocycles. The van der Waals surface area contributed by atoms with Crippen LogP contribution in [0.25, 0.3) is 0 Å². The summed E-state index contributed by atoms with van der Waals surface area (Å²) < 4.78 is 0. The lowest BCUT2D eigenvalue weighted by molar-refractivity contribution is -0.137. The van der Waals surface area contributed by atoms with E-state index in [1.807, 2.05) is 58.0 Å². The Morgan fingerprint density at radius 2 is 1.90 bits per heavy atom. The van der Waals surface area contributed by atoms with Gasteiger partial charge in [0.15, 0.2) is 0 Å². The molecule has 0 heterocycles. The number of rotatable bonds is 6. The smallest absolute Gasteiger partial charge is 0.232 e. The summed E-state index contributed by atoms with van der Waals surface area (Å²) in [5, 5.41) is 11.6. The fourth-order valence-electron chi connectivity index (χ4n) is 2.22. The molecule has 21 heavy (non-hydrogen) atoms. The molecule has 0 aliphatic rings. The van der Waals surface area contributed by atoms with E-state index in [0.717, 1.165) is 5.56 Å². The average molecular weight is 291 g/mol. The van der Waals surface area contributed by atoms with Crippen molar-refractivity contribution in [2.45, 2.75) is 45.6 Å². The predicted molar refractivity (Wildman–Crippen MR) is 84.3 cm³/mol. The summed E-state index contributed by atoms with van der Waals surface area (Å²) >= 11 is 0. The summed E-state index contributed by atoms with van der Waals surface area (Å²) in [4.78, 5) is 14.7. The summed E-state index contributed by atoms with van der Waals surface area (Å²) in [5.74, 6) is 0.167. The highest BCUT2D eigenvalue weighted by Gasteiger charge is 2.34. The standard InChI is InChI=1S/C16H25N3O2/c1-12(2)19(11-10-14(17)18-21)15(20)16(3,4)13-8-6-5-7-9-13/h5-9,12,21H,10-11H2,1-4H3,(H2,17,18). The zero-order chi connectivity index (χ0) is 16.0. The molecule has 1 aromatic carbocycles. The fourth-order valence-corrected chi connectivity index (χ4v) is 2.22. The minimum absolute atomic E-state index is 0.0365. The van der Waals surface area contributed by atoms with Crippen LogP contribution in [0, 0.1) is 0 Å². The molecular weight excluding hydrogens is 266 g/mol. The van der Waals surface area contributed by atoms with E-state index >= 15 is 0 Å². The van der Waals surface area contributed by atoms with Crippen molar-refractivity contribution in [3.63, 3.8) is 0 Å². The Morgan fingerprint density at radius 1 is 1.33 bits per heavy atom. The molecule has 0 aromatic heterocycles. The molecule has 1 rings (SSSR count). The molecule has 116 valence electrons. The van der Waals surface area contributed by atoms with Crippen molar-refractivity contribution in [1.29, 1.82) is 0 Å². The van der Waals surface area contributed by atoms with Crippen LogP contribution in [0.1, 0.15) is 39.7 Å². The van der Waals surface area contributed by atoms with Crippen molar-refractivity contribution in [3.05, 3.63) is 35.9 Å². The normalized spacial score (nSPS) is 12.5. The number of nitrogens with zero attached hydrogens (tertiary/aromatic N) is 2. The van der Waals surface area contributed by atoms with Crippen molar-refractivity contribution in [2.75, 3.05) is 6.54 Å². The van der Waals surface area contributed by atoms with Crippen molar-refractivity contribution < 1.29 is 10.0 Å². The van der Waals surface area contributed by atoms with Crippen molar-refractivity contribution in [3.8, 4) is 0 Å². The third-order valence-corrected chi connectivity index (χ3v) is 3.65. The summed E-state index contributed by atoms with van der Waals surface area (Å²) in [6.45, 7) is 8.20. The number of amidine groups is 1. The van der Waals surface area contributed by atoms with Gasteiger partial charge in [-0.1, -0.05) is 35.5 Å². The number of amides is 1. The molecule has 5 heteroatoms. The number of hydrogen-bond acceptors (Lipinski definition) is 3. The van der Waals surface area contributed by atoms with E-state index in [9.17, 15) is 4.79 Å². The minimum Gasteiger partial charge on any atom is -0.409 e. The van der Waals surface area contributed by atoms with Crippen LogP contribution in [-0.4, -0.2) is 34.4 Å². The van der Waals surface area contributed by atoms with Gasteiger partial charge in [-0.3, -0.25) is 4.79 Å². The molecule has 0 aliphatic heterocycles. The number of benzene rings is 1. The van der Waals surface area contributed by atoms with E-state index in [2.05, 4.69) is 5.16 Å². The summed E-state index contributed by atoms with van der Waals surface area (Å²) in [7, 11) is 0. The first-order chi connectivity index (χ1) is 9.80. The first-order valence-electron chi connectivity index (χ1n) is 7.13. The summed E-state index contributed by atoms with van der Waals surface area (Å²) in [6.07, 6.45) is 0.352. The second kappa shape index (κ2) is 7.11. The lowest BCUT2D eigenvalue weighted by Crippen LogP contribution is -2.47. The van der Waals surface area contributed by atoms with Gasteiger partial charge in [0.05, 0.1) is 5.41 Å². The van der Waals surface area contributed by atoms with Gasteiger partial charge >= 0.3 is 0 Å². The third-order valence-electron chi connectivity index (χ3n) is 3.65. The number of nitrogens with two attached hydrogens (primary N) is 1. The maximum absolute atomic E-state index is 12.9. The molecule has 0 fully saturated rings. The van der Waals surface area contributed by atoms with Gasteiger partial charge in [0, 0.05) is 19.0 Å². The topological polar surface area (TPSA) is 78.9 Å². The zero-order valence-electron chi connectivity index (χ0n) is 13.2. The Kier molecular flexibility index (Phi) is 5.76. The predicted octanol–water partition coefficient (Wildman–Crippen LogP) is 2.34. The van der Waals surface area contributed by atoms with Crippen LogP contribution >= 0.6 is 0 Å². The van der Waals surface area contributed by atoms with E-state index in [4.69, 9.17) is 10.9 Å². The molecule has 3 N–H and O–H groups in total. The fraction of sp³-hybridized carbons (Fsp3) is 0.500. The first kappa shape index (κ1) is 17.0. The van der Waals surface area contributed by atoms with Gasteiger partial charge in [-0.25, -0.2) is 0 Å². The number of carbonyl (C=O) groups is 1. The molecule has 0 unspecified atom stereocenters. The minimum atomic E-state index is -0.614. The second-order valence-corrected chi connectivity index (χ2v) is 5.92. The molecule has 5 nitrogen and oxygen atoms in total. The van der Waals surface area contributed by atoms with Gasteiger partial charge in [0.25, 0.3) is 0 Å². The van der Waals surface area contributed by atoms with Crippen LogP contribution in [0.3, 0.4) is 0 Å².